The average molecular weight is 264 g/mol. The molecule has 19 heavy (non-hydrogen) atoms. The summed E-state index contributed by atoms with van der Waals surface area (Å²) in [4.78, 5) is 22.7. The maximum Gasteiger partial charge on any atom is 0.239 e. The Balaban J connectivity index is 2.51. The van der Waals surface area contributed by atoms with E-state index in [1.54, 1.807) is 0 Å². The van der Waals surface area contributed by atoms with Crippen molar-refractivity contribution < 1.29 is 9.59 Å². The fraction of sp³-hybridized carbons (Fsp3) is 0.385. The molecule has 0 aliphatic heterocycles. The first kappa shape index (κ1) is 15.1. The number of hydrogen-bond acceptors (Lipinski definition) is 4. The monoisotopic (exact) mass is 264 g/mol. The van der Waals surface area contributed by atoms with E-state index in [4.69, 9.17) is 11.5 Å². The molecule has 0 aromatic heterocycles. The zero-order chi connectivity index (χ0) is 14.3. The summed E-state index contributed by atoms with van der Waals surface area (Å²) in [7, 11) is 1.51. The van der Waals surface area contributed by atoms with E-state index in [-0.39, 0.29) is 18.4 Å². The average Bonchev–Trinajstić information content (AvgIpc) is 2.44. The fourth-order valence-corrected chi connectivity index (χ4v) is 1.62. The lowest BCUT2D eigenvalue weighted by molar-refractivity contribution is -0.126. The van der Waals surface area contributed by atoms with Crippen molar-refractivity contribution in [1.82, 2.24) is 10.6 Å². The van der Waals surface area contributed by atoms with Gasteiger partial charge in [0.1, 0.15) is 0 Å². The van der Waals surface area contributed by atoms with Crippen LogP contribution in [0.3, 0.4) is 0 Å². The molecule has 1 aromatic rings. The molecule has 0 radical (unpaired) electrons. The summed E-state index contributed by atoms with van der Waals surface area (Å²) < 4.78 is 0. The first-order chi connectivity index (χ1) is 9.06. The third-order valence-corrected chi connectivity index (χ3v) is 2.72. The molecule has 1 rings (SSSR count). The zero-order valence-corrected chi connectivity index (χ0v) is 11.0. The van der Waals surface area contributed by atoms with Crippen LogP contribution in [0.15, 0.2) is 24.3 Å². The second kappa shape index (κ2) is 7.50. The molecule has 104 valence electrons. The van der Waals surface area contributed by atoms with Crippen molar-refractivity contribution in [3.8, 4) is 0 Å². The zero-order valence-electron chi connectivity index (χ0n) is 11.0. The molecule has 0 spiro atoms. The smallest absolute Gasteiger partial charge is 0.239 e. The molecular weight excluding hydrogens is 244 g/mol. The van der Waals surface area contributed by atoms with Gasteiger partial charge in [-0.2, -0.15) is 0 Å². The minimum absolute atomic E-state index is 0.0636. The maximum atomic E-state index is 11.7. The van der Waals surface area contributed by atoms with Crippen LogP contribution in [0.4, 0.5) is 0 Å². The largest absolute Gasteiger partial charge is 0.358 e. The SMILES string of the molecule is CNC(=O)CNC(=O)C(N)Cc1cccc(CN)c1. The van der Waals surface area contributed by atoms with Gasteiger partial charge >= 0.3 is 0 Å². The molecule has 0 heterocycles. The maximum absolute atomic E-state index is 11.7. The third kappa shape index (κ3) is 5.07. The molecule has 0 aliphatic carbocycles. The number of rotatable bonds is 6. The quantitative estimate of drug-likeness (QED) is 0.521. The van der Waals surface area contributed by atoms with Crippen LogP contribution in [0.1, 0.15) is 11.1 Å². The fourth-order valence-electron chi connectivity index (χ4n) is 1.62. The normalized spacial score (nSPS) is 11.7. The Morgan fingerprint density at radius 3 is 2.63 bits per heavy atom. The second-order valence-electron chi connectivity index (χ2n) is 4.23. The van der Waals surface area contributed by atoms with E-state index in [0.717, 1.165) is 11.1 Å². The van der Waals surface area contributed by atoms with Crippen molar-refractivity contribution >= 4 is 11.8 Å². The van der Waals surface area contributed by atoms with Crippen LogP contribution in [-0.4, -0.2) is 31.4 Å². The van der Waals surface area contributed by atoms with Gasteiger partial charge in [0.05, 0.1) is 12.6 Å². The van der Waals surface area contributed by atoms with E-state index in [1.807, 2.05) is 24.3 Å². The molecule has 0 aliphatic rings. The Morgan fingerprint density at radius 1 is 1.32 bits per heavy atom. The summed E-state index contributed by atoms with van der Waals surface area (Å²) in [6.45, 7) is 0.387. The first-order valence-corrected chi connectivity index (χ1v) is 6.08. The minimum Gasteiger partial charge on any atom is -0.358 e. The van der Waals surface area contributed by atoms with E-state index in [9.17, 15) is 9.59 Å². The lowest BCUT2D eigenvalue weighted by Crippen LogP contribution is -2.45. The number of carbonyl (C=O) groups is 2. The van der Waals surface area contributed by atoms with Crippen LogP contribution in [0, 0.1) is 0 Å². The Labute approximate surface area is 112 Å². The van der Waals surface area contributed by atoms with Gasteiger partial charge in [-0.05, 0) is 17.5 Å². The summed E-state index contributed by atoms with van der Waals surface area (Å²) >= 11 is 0. The standard InChI is InChI=1S/C13H20N4O2/c1-16-12(18)8-17-13(19)11(15)6-9-3-2-4-10(5-9)7-14/h2-5,11H,6-8,14-15H2,1H3,(H,16,18)(H,17,19). The number of carbonyl (C=O) groups excluding carboxylic acids is 2. The molecule has 0 saturated heterocycles. The summed E-state index contributed by atoms with van der Waals surface area (Å²) in [5.74, 6) is -0.604. The predicted molar refractivity (Wildman–Crippen MR) is 73.1 cm³/mol. The lowest BCUT2D eigenvalue weighted by Gasteiger charge is -2.12. The third-order valence-electron chi connectivity index (χ3n) is 2.72. The molecule has 0 bridgehead atoms. The van der Waals surface area contributed by atoms with E-state index >= 15 is 0 Å². The van der Waals surface area contributed by atoms with Crippen LogP contribution in [-0.2, 0) is 22.6 Å². The number of amides is 2. The van der Waals surface area contributed by atoms with Gasteiger partial charge in [-0.15, -0.1) is 0 Å². The lowest BCUT2D eigenvalue weighted by atomic mass is 10.0. The number of likely N-dealkylation sites (N-methyl/N-ethyl adjacent to an activating group) is 1. The minimum atomic E-state index is -0.683. The summed E-state index contributed by atoms with van der Waals surface area (Å²) in [5.41, 5.74) is 13.3. The highest BCUT2D eigenvalue weighted by Gasteiger charge is 2.14. The van der Waals surface area contributed by atoms with E-state index in [1.165, 1.54) is 7.05 Å². The Kier molecular flexibility index (Phi) is 5.98. The molecule has 6 heteroatoms. The highest BCUT2D eigenvalue weighted by atomic mass is 16.2. The van der Waals surface area contributed by atoms with Gasteiger partial charge in [-0.25, -0.2) is 0 Å². The highest BCUT2D eigenvalue weighted by Crippen LogP contribution is 2.06. The van der Waals surface area contributed by atoms with Gasteiger partial charge < -0.3 is 22.1 Å². The molecular formula is C13H20N4O2. The van der Waals surface area contributed by atoms with Crippen LogP contribution in [0.5, 0.6) is 0 Å². The van der Waals surface area contributed by atoms with Crippen LogP contribution in [0.2, 0.25) is 0 Å². The van der Waals surface area contributed by atoms with Crippen molar-refractivity contribution in [2.45, 2.75) is 19.0 Å². The second-order valence-corrected chi connectivity index (χ2v) is 4.23. The predicted octanol–water partition coefficient (Wildman–Crippen LogP) is -1.12. The first-order valence-electron chi connectivity index (χ1n) is 6.08. The summed E-state index contributed by atoms with van der Waals surface area (Å²) in [5, 5.41) is 4.90. The van der Waals surface area contributed by atoms with Crippen molar-refractivity contribution in [2.75, 3.05) is 13.6 Å². The van der Waals surface area contributed by atoms with Gasteiger partial charge in [-0.3, -0.25) is 9.59 Å². The number of nitrogens with one attached hydrogen (secondary N) is 2. The summed E-state index contributed by atoms with van der Waals surface area (Å²) in [6, 6.07) is 6.93. The van der Waals surface area contributed by atoms with Gasteiger partial charge in [-0.1, -0.05) is 24.3 Å². The Morgan fingerprint density at radius 2 is 2.00 bits per heavy atom. The van der Waals surface area contributed by atoms with Gasteiger partial charge in [0.15, 0.2) is 0 Å². The van der Waals surface area contributed by atoms with Crippen molar-refractivity contribution in [1.29, 1.82) is 0 Å². The Hall–Kier alpha value is -1.92. The molecule has 0 fully saturated rings. The molecule has 2 amide bonds. The number of benzene rings is 1. The molecule has 6 nitrogen and oxygen atoms in total. The van der Waals surface area contributed by atoms with Crippen LogP contribution < -0.4 is 22.1 Å². The van der Waals surface area contributed by atoms with Crippen LogP contribution in [0.25, 0.3) is 0 Å². The van der Waals surface area contributed by atoms with Gasteiger partial charge in [0.25, 0.3) is 0 Å². The van der Waals surface area contributed by atoms with Crippen molar-refractivity contribution in [3.63, 3.8) is 0 Å². The number of nitrogens with two attached hydrogens (primary N) is 2. The molecule has 1 atom stereocenters. The molecule has 6 N–H and O–H groups in total. The Bertz CT molecular complexity index is 448. The van der Waals surface area contributed by atoms with Gasteiger partial charge in [0, 0.05) is 13.6 Å². The van der Waals surface area contributed by atoms with E-state index in [0.29, 0.717) is 13.0 Å². The number of hydrogen-bond donors (Lipinski definition) is 4. The van der Waals surface area contributed by atoms with E-state index in [2.05, 4.69) is 10.6 Å². The van der Waals surface area contributed by atoms with E-state index < -0.39 is 6.04 Å². The molecule has 1 aromatic carbocycles. The highest BCUT2D eigenvalue weighted by molar-refractivity contribution is 5.87. The van der Waals surface area contributed by atoms with Crippen molar-refractivity contribution in [2.24, 2.45) is 11.5 Å². The summed E-state index contributed by atoms with van der Waals surface area (Å²) in [6.07, 6.45) is 0.410. The topological polar surface area (TPSA) is 110 Å². The molecule has 0 saturated carbocycles. The van der Waals surface area contributed by atoms with Crippen molar-refractivity contribution in [3.05, 3.63) is 35.4 Å². The van der Waals surface area contributed by atoms with Crippen LogP contribution >= 0.6 is 0 Å². The molecule has 1 unspecified atom stereocenters. The van der Waals surface area contributed by atoms with Gasteiger partial charge in [0.2, 0.25) is 11.8 Å².